The van der Waals surface area contributed by atoms with Crippen LogP contribution in [0, 0.1) is 0 Å². The molecule has 6 nitrogen and oxygen atoms in total. The lowest BCUT2D eigenvalue weighted by Gasteiger charge is -2.37. The number of furan rings is 2. The summed E-state index contributed by atoms with van der Waals surface area (Å²) >= 11 is 6.31. The van der Waals surface area contributed by atoms with Gasteiger partial charge in [-0.1, -0.05) is 23.7 Å². The zero-order chi connectivity index (χ0) is 20.1. The molecule has 29 heavy (non-hydrogen) atoms. The molecule has 0 radical (unpaired) electrons. The van der Waals surface area contributed by atoms with Crippen LogP contribution in [0.15, 0.2) is 69.9 Å². The van der Waals surface area contributed by atoms with Crippen LogP contribution < -0.4 is 4.90 Å². The van der Waals surface area contributed by atoms with Gasteiger partial charge >= 0.3 is 0 Å². The summed E-state index contributed by atoms with van der Waals surface area (Å²) in [6.07, 6.45) is 3.30. The van der Waals surface area contributed by atoms with E-state index in [-0.39, 0.29) is 5.91 Å². The lowest BCUT2D eigenvalue weighted by molar-refractivity contribution is -0.133. The molecule has 0 aliphatic carbocycles. The molecule has 152 valence electrons. The average molecular weight is 414 g/mol. The Labute approximate surface area is 175 Å². The van der Waals surface area contributed by atoms with E-state index in [0.717, 1.165) is 35.3 Å². The first kappa shape index (κ1) is 19.6. The molecular formula is C22H24ClN3O3. The molecule has 0 bridgehead atoms. The number of amides is 1. The lowest BCUT2D eigenvalue weighted by Crippen LogP contribution is -2.51. The first-order chi connectivity index (χ1) is 14.2. The standard InChI is InChI=1S/C22H24ClN3O3/c23-20-7-1-2-8-21(20)25-9-11-26(12-10-25)22(27)17-24(15-18-5-3-13-28-18)16-19-6-4-14-29-19/h1-8,13-14H,9-12,15-17H2. The number of anilines is 1. The van der Waals surface area contributed by atoms with Crippen LogP contribution >= 0.6 is 11.6 Å². The van der Waals surface area contributed by atoms with Crippen molar-refractivity contribution in [3.63, 3.8) is 0 Å². The van der Waals surface area contributed by atoms with E-state index in [2.05, 4.69) is 4.90 Å². The van der Waals surface area contributed by atoms with Crippen molar-refractivity contribution in [3.05, 3.63) is 77.6 Å². The van der Waals surface area contributed by atoms with Gasteiger partial charge in [0.25, 0.3) is 0 Å². The van der Waals surface area contributed by atoms with Gasteiger partial charge in [-0.3, -0.25) is 9.69 Å². The summed E-state index contributed by atoms with van der Waals surface area (Å²) in [5.74, 6) is 1.77. The molecule has 2 aromatic heterocycles. The molecule has 1 saturated heterocycles. The van der Waals surface area contributed by atoms with Crippen molar-refractivity contribution in [1.29, 1.82) is 0 Å². The molecule has 3 heterocycles. The Balaban J connectivity index is 1.35. The minimum absolute atomic E-state index is 0.113. The molecule has 0 spiro atoms. The third-order valence-corrected chi connectivity index (χ3v) is 5.42. The van der Waals surface area contributed by atoms with Crippen LogP contribution in [0.3, 0.4) is 0 Å². The maximum absolute atomic E-state index is 13.0. The van der Waals surface area contributed by atoms with Crippen molar-refractivity contribution in [1.82, 2.24) is 9.80 Å². The van der Waals surface area contributed by atoms with Gasteiger partial charge in [0.2, 0.25) is 5.91 Å². The van der Waals surface area contributed by atoms with Crippen molar-refractivity contribution in [2.24, 2.45) is 0 Å². The van der Waals surface area contributed by atoms with E-state index in [1.165, 1.54) is 0 Å². The summed E-state index contributed by atoms with van der Waals surface area (Å²) < 4.78 is 10.9. The Kier molecular flexibility index (Phi) is 6.22. The van der Waals surface area contributed by atoms with Gasteiger partial charge in [-0.05, 0) is 36.4 Å². The van der Waals surface area contributed by atoms with E-state index in [9.17, 15) is 4.79 Å². The number of carbonyl (C=O) groups is 1. The highest BCUT2D eigenvalue weighted by Gasteiger charge is 2.24. The molecule has 0 atom stereocenters. The number of nitrogens with zero attached hydrogens (tertiary/aromatic N) is 3. The van der Waals surface area contributed by atoms with E-state index >= 15 is 0 Å². The predicted octanol–water partition coefficient (Wildman–Crippen LogP) is 3.88. The molecule has 1 aromatic carbocycles. The number of hydrogen-bond acceptors (Lipinski definition) is 5. The van der Waals surface area contributed by atoms with Crippen LogP contribution in [-0.4, -0.2) is 48.4 Å². The van der Waals surface area contributed by atoms with Gasteiger partial charge in [-0.2, -0.15) is 0 Å². The number of carbonyl (C=O) groups excluding carboxylic acids is 1. The summed E-state index contributed by atoms with van der Waals surface area (Å²) in [6.45, 7) is 4.32. The SMILES string of the molecule is O=C(CN(Cc1ccco1)Cc1ccco1)N1CCN(c2ccccc2Cl)CC1. The van der Waals surface area contributed by atoms with E-state index in [4.69, 9.17) is 20.4 Å². The summed E-state index contributed by atoms with van der Waals surface area (Å²) in [7, 11) is 0. The van der Waals surface area contributed by atoms with E-state index in [1.54, 1.807) is 12.5 Å². The van der Waals surface area contributed by atoms with Crippen molar-refractivity contribution < 1.29 is 13.6 Å². The Morgan fingerprint density at radius 1 is 0.897 bits per heavy atom. The summed E-state index contributed by atoms with van der Waals surface area (Å²) in [6, 6.07) is 15.4. The summed E-state index contributed by atoms with van der Waals surface area (Å²) in [5.41, 5.74) is 1.03. The van der Waals surface area contributed by atoms with Gasteiger partial charge in [0.1, 0.15) is 11.5 Å². The molecule has 4 rings (SSSR count). The van der Waals surface area contributed by atoms with Crippen molar-refractivity contribution in [2.75, 3.05) is 37.6 Å². The van der Waals surface area contributed by atoms with Gasteiger partial charge in [0.15, 0.2) is 0 Å². The zero-order valence-electron chi connectivity index (χ0n) is 16.2. The topological polar surface area (TPSA) is 53.1 Å². The highest BCUT2D eigenvalue weighted by atomic mass is 35.5. The average Bonchev–Trinajstić information content (AvgIpc) is 3.43. The monoisotopic (exact) mass is 413 g/mol. The van der Waals surface area contributed by atoms with Crippen molar-refractivity contribution >= 4 is 23.2 Å². The van der Waals surface area contributed by atoms with E-state index < -0.39 is 0 Å². The number of piperazine rings is 1. The maximum atomic E-state index is 13.0. The molecular weight excluding hydrogens is 390 g/mol. The number of benzene rings is 1. The normalized spacial score (nSPS) is 14.6. The Hall–Kier alpha value is -2.70. The molecule has 3 aromatic rings. The highest BCUT2D eigenvalue weighted by Crippen LogP contribution is 2.26. The van der Waals surface area contributed by atoms with E-state index in [1.807, 2.05) is 58.3 Å². The van der Waals surface area contributed by atoms with Crippen LogP contribution in [-0.2, 0) is 17.9 Å². The minimum atomic E-state index is 0.113. The van der Waals surface area contributed by atoms with Crippen molar-refractivity contribution in [2.45, 2.75) is 13.1 Å². The fraction of sp³-hybridized carbons (Fsp3) is 0.318. The van der Waals surface area contributed by atoms with Crippen LogP contribution in [0.4, 0.5) is 5.69 Å². The smallest absolute Gasteiger partial charge is 0.236 e. The van der Waals surface area contributed by atoms with Crippen LogP contribution in [0.1, 0.15) is 11.5 Å². The van der Waals surface area contributed by atoms with E-state index in [0.29, 0.717) is 32.7 Å². The second-order valence-electron chi connectivity index (χ2n) is 7.12. The molecule has 0 N–H and O–H groups in total. The third kappa shape index (κ3) is 5.02. The number of halogens is 1. The lowest BCUT2D eigenvalue weighted by atomic mass is 10.2. The molecule has 1 fully saturated rings. The fourth-order valence-corrected chi connectivity index (χ4v) is 3.87. The number of rotatable bonds is 7. The molecule has 1 aliphatic heterocycles. The minimum Gasteiger partial charge on any atom is -0.468 e. The van der Waals surface area contributed by atoms with Crippen LogP contribution in [0.5, 0.6) is 0 Å². The number of hydrogen-bond donors (Lipinski definition) is 0. The second-order valence-corrected chi connectivity index (χ2v) is 7.53. The second kappa shape index (κ2) is 9.20. The summed E-state index contributed by atoms with van der Waals surface area (Å²) in [4.78, 5) is 19.1. The molecule has 1 amide bonds. The van der Waals surface area contributed by atoms with Gasteiger partial charge in [0, 0.05) is 26.2 Å². The Morgan fingerprint density at radius 3 is 2.07 bits per heavy atom. The van der Waals surface area contributed by atoms with Gasteiger partial charge in [0.05, 0.1) is 42.9 Å². The Morgan fingerprint density at radius 2 is 1.52 bits per heavy atom. The third-order valence-electron chi connectivity index (χ3n) is 5.10. The zero-order valence-corrected chi connectivity index (χ0v) is 16.9. The first-order valence-corrected chi connectivity index (χ1v) is 10.1. The van der Waals surface area contributed by atoms with Crippen molar-refractivity contribution in [3.8, 4) is 0 Å². The molecule has 0 saturated carbocycles. The van der Waals surface area contributed by atoms with Gasteiger partial charge < -0.3 is 18.6 Å². The largest absolute Gasteiger partial charge is 0.468 e. The van der Waals surface area contributed by atoms with Crippen LogP contribution in [0.2, 0.25) is 5.02 Å². The highest BCUT2D eigenvalue weighted by molar-refractivity contribution is 6.33. The number of para-hydroxylation sites is 1. The molecule has 1 aliphatic rings. The van der Waals surface area contributed by atoms with Gasteiger partial charge in [-0.25, -0.2) is 0 Å². The molecule has 7 heteroatoms. The summed E-state index contributed by atoms with van der Waals surface area (Å²) in [5, 5.41) is 0.746. The van der Waals surface area contributed by atoms with Gasteiger partial charge in [-0.15, -0.1) is 0 Å². The maximum Gasteiger partial charge on any atom is 0.236 e. The fourth-order valence-electron chi connectivity index (χ4n) is 3.61. The van der Waals surface area contributed by atoms with Crippen LogP contribution in [0.25, 0.3) is 0 Å². The predicted molar refractivity (Wildman–Crippen MR) is 112 cm³/mol. The first-order valence-electron chi connectivity index (χ1n) is 9.73. The Bertz CT molecular complexity index is 867. The molecule has 0 unspecified atom stereocenters. The quantitative estimate of drug-likeness (QED) is 0.588.